The molecule has 6 heteroatoms. The summed E-state index contributed by atoms with van der Waals surface area (Å²) in [6, 6.07) is 6.59. The van der Waals surface area contributed by atoms with Crippen molar-refractivity contribution in [2.24, 2.45) is 0 Å². The molecule has 3 unspecified atom stereocenters. The van der Waals surface area contributed by atoms with Gasteiger partial charge in [-0.15, -0.1) is 0 Å². The van der Waals surface area contributed by atoms with Crippen LogP contribution in [0.3, 0.4) is 0 Å². The van der Waals surface area contributed by atoms with Crippen LogP contribution >= 0.6 is 12.1 Å². The van der Waals surface area contributed by atoms with Gasteiger partial charge in [0.1, 0.15) is 11.8 Å². The van der Waals surface area contributed by atoms with Gasteiger partial charge in [0.05, 0.1) is 13.2 Å². The molecule has 24 heavy (non-hydrogen) atoms. The fourth-order valence-electron chi connectivity index (χ4n) is 4.03. The molecule has 1 aromatic rings. The first-order chi connectivity index (χ1) is 11.6. The highest BCUT2D eigenvalue weighted by molar-refractivity contribution is 7.95. The van der Waals surface area contributed by atoms with Crippen LogP contribution in [0.2, 0.25) is 0 Å². The third-order valence-corrected chi connectivity index (χ3v) is 6.10. The lowest BCUT2D eigenvalue weighted by atomic mass is 9.85. The number of methoxy groups -OCH3 is 1. The Labute approximate surface area is 149 Å². The molecule has 0 spiro atoms. The number of ether oxygens (including phenoxy) is 1. The van der Waals surface area contributed by atoms with Crippen molar-refractivity contribution in [2.75, 3.05) is 20.7 Å². The monoisotopic (exact) mass is 349 g/mol. The molecule has 1 amide bonds. The van der Waals surface area contributed by atoms with Crippen LogP contribution in [0.4, 0.5) is 0 Å². The summed E-state index contributed by atoms with van der Waals surface area (Å²) in [5, 5.41) is 0. The highest BCUT2D eigenvalue weighted by Crippen LogP contribution is 2.42. The van der Waals surface area contributed by atoms with Crippen molar-refractivity contribution in [1.82, 2.24) is 13.9 Å². The number of piperazine rings is 1. The molecule has 2 aliphatic heterocycles. The van der Waals surface area contributed by atoms with Gasteiger partial charge in [-0.1, -0.05) is 19.4 Å². The quantitative estimate of drug-likeness (QED) is 0.828. The molecule has 0 aliphatic carbocycles. The van der Waals surface area contributed by atoms with Gasteiger partial charge in [-0.05, 0) is 50.1 Å². The predicted molar refractivity (Wildman–Crippen MR) is 97.8 cm³/mol. The van der Waals surface area contributed by atoms with Crippen LogP contribution in [0.25, 0.3) is 0 Å². The molecule has 3 atom stereocenters. The smallest absolute Gasteiger partial charge is 0.241 e. The average Bonchev–Trinajstić information content (AvgIpc) is 2.61. The van der Waals surface area contributed by atoms with E-state index in [4.69, 9.17) is 4.74 Å². The number of amides is 1. The highest BCUT2D eigenvalue weighted by atomic mass is 32.2. The minimum absolute atomic E-state index is 0.0431. The summed E-state index contributed by atoms with van der Waals surface area (Å²) >= 11 is 1.56. The van der Waals surface area contributed by atoms with Crippen LogP contribution in [0.5, 0.6) is 5.75 Å². The summed E-state index contributed by atoms with van der Waals surface area (Å²) in [6.45, 7) is 5.17. The molecule has 2 heterocycles. The molecule has 0 saturated carbocycles. The van der Waals surface area contributed by atoms with Gasteiger partial charge in [-0.3, -0.25) is 9.52 Å². The zero-order valence-corrected chi connectivity index (χ0v) is 15.7. The minimum Gasteiger partial charge on any atom is -0.497 e. The maximum Gasteiger partial charge on any atom is 0.241 e. The lowest BCUT2D eigenvalue weighted by Gasteiger charge is -2.51. The van der Waals surface area contributed by atoms with E-state index in [1.807, 2.05) is 13.1 Å². The predicted octanol–water partition coefficient (Wildman–Crippen LogP) is 2.78. The van der Waals surface area contributed by atoms with E-state index in [-0.39, 0.29) is 24.0 Å². The molecule has 1 N–H and O–H groups in total. The topological polar surface area (TPSA) is 44.8 Å². The summed E-state index contributed by atoms with van der Waals surface area (Å²) < 4.78 is 10.8. The lowest BCUT2D eigenvalue weighted by molar-refractivity contribution is -0.146. The maximum atomic E-state index is 13.1. The Morgan fingerprint density at radius 1 is 1.42 bits per heavy atom. The molecule has 0 radical (unpaired) electrons. The molecule has 1 fully saturated rings. The summed E-state index contributed by atoms with van der Waals surface area (Å²) in [5.41, 5.74) is 2.57. The van der Waals surface area contributed by atoms with Crippen molar-refractivity contribution in [3.63, 3.8) is 0 Å². The van der Waals surface area contributed by atoms with E-state index in [2.05, 4.69) is 39.9 Å². The summed E-state index contributed by atoms with van der Waals surface area (Å²) in [7, 11) is 3.61. The zero-order chi connectivity index (χ0) is 17.3. The van der Waals surface area contributed by atoms with Gasteiger partial charge in [0, 0.05) is 24.7 Å². The summed E-state index contributed by atoms with van der Waals surface area (Å²) in [6.07, 6.45) is 2.81. The first-order valence-corrected chi connectivity index (χ1v) is 9.49. The van der Waals surface area contributed by atoms with Gasteiger partial charge < -0.3 is 9.64 Å². The maximum absolute atomic E-state index is 13.1. The second-order valence-electron chi connectivity index (χ2n) is 6.49. The molecule has 5 nitrogen and oxygen atoms in total. The van der Waals surface area contributed by atoms with E-state index in [0.717, 1.165) is 31.6 Å². The number of benzene rings is 1. The van der Waals surface area contributed by atoms with Gasteiger partial charge >= 0.3 is 0 Å². The Morgan fingerprint density at radius 3 is 2.88 bits per heavy atom. The molecular formula is C18H27N3O2S. The fourth-order valence-corrected chi connectivity index (χ4v) is 4.84. The van der Waals surface area contributed by atoms with Gasteiger partial charge in [0.15, 0.2) is 0 Å². The minimum atomic E-state index is -0.0431. The number of fused-ring (bicyclic) bond motifs is 3. The summed E-state index contributed by atoms with van der Waals surface area (Å²) in [5.74, 6) is 1.16. The van der Waals surface area contributed by atoms with Crippen LogP contribution in [0.1, 0.15) is 43.9 Å². The molecule has 3 rings (SSSR count). The largest absolute Gasteiger partial charge is 0.497 e. The molecular weight excluding hydrogens is 322 g/mol. The number of rotatable bonds is 5. The lowest BCUT2D eigenvalue weighted by Crippen LogP contribution is -2.61. The molecule has 1 aromatic carbocycles. The van der Waals surface area contributed by atoms with E-state index in [1.165, 1.54) is 11.1 Å². The van der Waals surface area contributed by atoms with Crippen LogP contribution in [0, 0.1) is 0 Å². The Kier molecular flexibility index (Phi) is 5.37. The number of hydrogen-bond acceptors (Lipinski definition) is 5. The third-order valence-electron chi connectivity index (χ3n) is 5.12. The second-order valence-corrected chi connectivity index (χ2v) is 7.50. The van der Waals surface area contributed by atoms with E-state index in [0.29, 0.717) is 0 Å². The van der Waals surface area contributed by atoms with E-state index in [1.54, 1.807) is 19.2 Å². The van der Waals surface area contributed by atoms with Gasteiger partial charge in [0.2, 0.25) is 5.91 Å². The molecule has 132 valence electrons. The molecule has 0 aromatic heterocycles. The zero-order valence-electron chi connectivity index (χ0n) is 14.9. The van der Waals surface area contributed by atoms with Crippen molar-refractivity contribution < 1.29 is 9.53 Å². The normalized spacial score (nSPS) is 26.9. The SMILES string of the molecule is CCCC1C(=O)N2CCc3cc(OC)ccc3C2C(C)N1SNC. The first kappa shape index (κ1) is 17.6. The van der Waals surface area contributed by atoms with Gasteiger partial charge in [-0.25, -0.2) is 4.31 Å². The van der Waals surface area contributed by atoms with Crippen LogP contribution in [-0.2, 0) is 11.2 Å². The first-order valence-electron chi connectivity index (χ1n) is 8.71. The van der Waals surface area contributed by atoms with Crippen molar-refractivity contribution in [3.05, 3.63) is 29.3 Å². The van der Waals surface area contributed by atoms with Crippen LogP contribution < -0.4 is 9.46 Å². The molecule has 2 aliphatic rings. The van der Waals surface area contributed by atoms with Gasteiger partial charge in [0.25, 0.3) is 0 Å². The van der Waals surface area contributed by atoms with Crippen LogP contribution in [-0.4, -0.2) is 47.9 Å². The average molecular weight is 350 g/mol. The van der Waals surface area contributed by atoms with E-state index < -0.39 is 0 Å². The Morgan fingerprint density at radius 2 is 2.21 bits per heavy atom. The molecule has 0 bridgehead atoms. The number of nitrogens with zero attached hydrogens (tertiary/aromatic N) is 2. The second kappa shape index (κ2) is 7.33. The Balaban J connectivity index is 1.98. The third kappa shape index (κ3) is 2.91. The standard InChI is InChI=1S/C18H27N3O2S/c1-5-6-16-18(22)20-10-9-13-11-14(23-4)7-8-15(13)17(20)12(2)21(16)24-19-3/h7-8,11-12,16-17,19H,5-6,9-10H2,1-4H3. The van der Waals surface area contributed by atoms with Crippen molar-refractivity contribution in [2.45, 2.75) is 51.2 Å². The van der Waals surface area contributed by atoms with Crippen molar-refractivity contribution >= 4 is 18.0 Å². The van der Waals surface area contributed by atoms with Gasteiger partial charge in [-0.2, -0.15) is 0 Å². The Hall–Kier alpha value is -1.24. The summed E-state index contributed by atoms with van der Waals surface area (Å²) in [4.78, 5) is 15.2. The number of carbonyl (C=O) groups is 1. The van der Waals surface area contributed by atoms with Crippen molar-refractivity contribution in [1.29, 1.82) is 0 Å². The van der Waals surface area contributed by atoms with E-state index in [9.17, 15) is 4.79 Å². The number of nitrogens with one attached hydrogen (secondary N) is 1. The highest BCUT2D eigenvalue weighted by Gasteiger charge is 2.47. The number of carbonyl (C=O) groups excluding carboxylic acids is 1. The fraction of sp³-hybridized carbons (Fsp3) is 0.611. The van der Waals surface area contributed by atoms with Crippen LogP contribution in [0.15, 0.2) is 18.2 Å². The van der Waals surface area contributed by atoms with E-state index >= 15 is 0 Å². The van der Waals surface area contributed by atoms with Crippen molar-refractivity contribution in [3.8, 4) is 5.75 Å². The Bertz CT molecular complexity index is 610. The number of hydrogen-bond donors (Lipinski definition) is 1. The molecule has 1 saturated heterocycles.